The zero-order chi connectivity index (χ0) is 22.1. The lowest BCUT2D eigenvalue weighted by Crippen LogP contribution is -2.50. The quantitative estimate of drug-likeness (QED) is 0.558. The molecule has 0 fully saturated rings. The second-order valence-electron chi connectivity index (χ2n) is 7.84. The lowest BCUT2D eigenvalue weighted by molar-refractivity contribution is -0.141. The van der Waals surface area contributed by atoms with E-state index < -0.39 is 6.04 Å². The van der Waals surface area contributed by atoms with Gasteiger partial charge in [0, 0.05) is 24.0 Å². The van der Waals surface area contributed by atoms with Gasteiger partial charge in [0.05, 0.1) is 0 Å². The molecule has 0 aliphatic carbocycles. The number of hydrogen-bond donors (Lipinski definition) is 1. The molecule has 0 radical (unpaired) electrons. The van der Waals surface area contributed by atoms with Crippen LogP contribution in [0.2, 0.25) is 5.02 Å². The largest absolute Gasteiger partial charge is 0.352 e. The Morgan fingerprint density at radius 3 is 2.30 bits per heavy atom. The van der Waals surface area contributed by atoms with Crippen molar-refractivity contribution in [2.45, 2.75) is 72.0 Å². The van der Waals surface area contributed by atoms with Crippen LogP contribution < -0.4 is 5.32 Å². The Balaban J connectivity index is 2.21. The Labute approximate surface area is 185 Å². The molecule has 5 heteroatoms. The van der Waals surface area contributed by atoms with Crippen LogP contribution in [0.1, 0.15) is 56.7 Å². The molecule has 0 aliphatic rings. The normalized spacial score (nSPS) is 12.8. The molecule has 4 nitrogen and oxygen atoms in total. The number of carbonyl (C=O) groups is 2. The van der Waals surface area contributed by atoms with E-state index in [4.69, 9.17) is 11.6 Å². The smallest absolute Gasteiger partial charge is 0.243 e. The van der Waals surface area contributed by atoms with Crippen molar-refractivity contribution in [3.8, 4) is 0 Å². The minimum Gasteiger partial charge on any atom is -0.352 e. The summed E-state index contributed by atoms with van der Waals surface area (Å²) < 4.78 is 0. The molecule has 1 N–H and O–H groups in total. The average Bonchev–Trinajstić information content (AvgIpc) is 2.74. The fourth-order valence-corrected chi connectivity index (χ4v) is 3.52. The highest BCUT2D eigenvalue weighted by Gasteiger charge is 2.29. The van der Waals surface area contributed by atoms with Gasteiger partial charge < -0.3 is 10.2 Å². The summed E-state index contributed by atoms with van der Waals surface area (Å²) in [4.78, 5) is 27.9. The highest BCUT2D eigenvalue weighted by Crippen LogP contribution is 2.21. The second-order valence-corrected chi connectivity index (χ2v) is 8.25. The number of carbonyl (C=O) groups excluding carboxylic acids is 2. The number of aryl methyl sites for hydroxylation is 2. The number of hydrogen-bond acceptors (Lipinski definition) is 2. The van der Waals surface area contributed by atoms with E-state index in [1.54, 1.807) is 4.90 Å². The van der Waals surface area contributed by atoms with E-state index in [9.17, 15) is 9.59 Å². The summed E-state index contributed by atoms with van der Waals surface area (Å²) in [5.74, 6) is -0.149. The Morgan fingerprint density at radius 2 is 1.70 bits per heavy atom. The van der Waals surface area contributed by atoms with Gasteiger partial charge in [-0.15, -0.1) is 0 Å². The third-order valence-corrected chi connectivity index (χ3v) is 5.80. The summed E-state index contributed by atoms with van der Waals surface area (Å²) >= 11 is 6.36. The molecule has 0 bridgehead atoms. The zero-order valence-corrected chi connectivity index (χ0v) is 19.2. The Bertz CT molecular complexity index is 835. The fraction of sp³-hybridized carbons (Fsp3) is 0.440. The standard InChI is InChI=1S/C25H33ClN2O2/c1-5-19(4)27-25(30)23(6-2)28(17-21-9-7-8-10-22(21)26)24(29)16-15-20-13-11-18(3)12-14-20/h7-14,19,23H,5-6,15-17H2,1-4H3,(H,27,30)/t19-,23-/m1/s1. The first-order valence-electron chi connectivity index (χ1n) is 10.7. The molecule has 0 spiro atoms. The van der Waals surface area contributed by atoms with Crippen molar-refractivity contribution in [3.05, 3.63) is 70.2 Å². The van der Waals surface area contributed by atoms with Crippen molar-refractivity contribution >= 4 is 23.4 Å². The van der Waals surface area contributed by atoms with Crippen LogP contribution >= 0.6 is 11.6 Å². The highest BCUT2D eigenvalue weighted by molar-refractivity contribution is 6.31. The van der Waals surface area contributed by atoms with E-state index >= 15 is 0 Å². The van der Waals surface area contributed by atoms with Crippen LogP contribution in [-0.4, -0.2) is 28.8 Å². The fourth-order valence-electron chi connectivity index (χ4n) is 3.32. The third kappa shape index (κ3) is 6.88. The van der Waals surface area contributed by atoms with Gasteiger partial charge in [-0.3, -0.25) is 9.59 Å². The van der Waals surface area contributed by atoms with E-state index in [1.807, 2.05) is 64.1 Å². The molecule has 0 aliphatic heterocycles. The van der Waals surface area contributed by atoms with Crippen LogP contribution in [0.15, 0.2) is 48.5 Å². The lowest BCUT2D eigenvalue weighted by atomic mass is 10.0. The predicted octanol–water partition coefficient (Wildman–Crippen LogP) is 5.30. The number of amides is 2. The van der Waals surface area contributed by atoms with Gasteiger partial charge in [-0.2, -0.15) is 0 Å². The molecular formula is C25H33ClN2O2. The van der Waals surface area contributed by atoms with Crippen molar-refractivity contribution in [1.29, 1.82) is 0 Å². The van der Waals surface area contributed by atoms with E-state index in [-0.39, 0.29) is 17.9 Å². The second kappa shape index (κ2) is 11.8. The topological polar surface area (TPSA) is 49.4 Å². The number of halogens is 1. The zero-order valence-electron chi connectivity index (χ0n) is 18.5. The van der Waals surface area contributed by atoms with Gasteiger partial charge >= 0.3 is 0 Å². The van der Waals surface area contributed by atoms with Gasteiger partial charge in [0.2, 0.25) is 11.8 Å². The monoisotopic (exact) mass is 428 g/mol. The summed E-state index contributed by atoms with van der Waals surface area (Å²) in [5.41, 5.74) is 3.15. The van der Waals surface area contributed by atoms with Crippen LogP contribution in [0.4, 0.5) is 0 Å². The number of nitrogens with one attached hydrogen (secondary N) is 1. The van der Waals surface area contributed by atoms with Crippen LogP contribution in [-0.2, 0) is 22.6 Å². The third-order valence-electron chi connectivity index (χ3n) is 5.43. The molecule has 2 atom stereocenters. The summed E-state index contributed by atoms with van der Waals surface area (Å²) in [6.07, 6.45) is 2.37. The molecule has 0 heterocycles. The maximum atomic E-state index is 13.3. The minimum absolute atomic E-state index is 0.0401. The first-order chi connectivity index (χ1) is 14.3. The summed E-state index contributed by atoms with van der Waals surface area (Å²) in [5, 5.41) is 3.63. The van der Waals surface area contributed by atoms with Crippen molar-refractivity contribution in [1.82, 2.24) is 10.2 Å². The molecule has 2 amide bonds. The minimum atomic E-state index is -0.527. The summed E-state index contributed by atoms with van der Waals surface area (Å²) in [7, 11) is 0. The first-order valence-corrected chi connectivity index (χ1v) is 11.1. The number of nitrogens with zero attached hydrogens (tertiary/aromatic N) is 1. The van der Waals surface area contributed by atoms with Crippen LogP contribution in [0, 0.1) is 6.92 Å². The Kier molecular flexibility index (Phi) is 9.38. The predicted molar refractivity (Wildman–Crippen MR) is 123 cm³/mol. The average molecular weight is 429 g/mol. The van der Waals surface area contributed by atoms with E-state index in [0.29, 0.717) is 30.8 Å². The molecule has 2 aromatic rings. The Morgan fingerprint density at radius 1 is 1.03 bits per heavy atom. The first kappa shape index (κ1) is 23.9. The van der Waals surface area contributed by atoms with Gasteiger partial charge in [-0.05, 0) is 50.3 Å². The molecule has 0 aromatic heterocycles. The molecular weight excluding hydrogens is 396 g/mol. The van der Waals surface area contributed by atoms with Crippen molar-refractivity contribution in [2.75, 3.05) is 0 Å². The van der Waals surface area contributed by atoms with Crippen LogP contribution in [0.25, 0.3) is 0 Å². The van der Waals surface area contributed by atoms with Gasteiger partial charge in [0.15, 0.2) is 0 Å². The Hall–Kier alpha value is -2.33. The number of benzene rings is 2. The van der Waals surface area contributed by atoms with Crippen molar-refractivity contribution < 1.29 is 9.59 Å². The van der Waals surface area contributed by atoms with Crippen molar-refractivity contribution in [2.24, 2.45) is 0 Å². The van der Waals surface area contributed by atoms with Gasteiger partial charge in [-0.25, -0.2) is 0 Å². The molecule has 0 unspecified atom stereocenters. The van der Waals surface area contributed by atoms with E-state index in [0.717, 1.165) is 17.5 Å². The number of rotatable bonds is 10. The molecule has 2 aromatic carbocycles. The molecule has 162 valence electrons. The van der Waals surface area contributed by atoms with Crippen LogP contribution in [0.5, 0.6) is 0 Å². The van der Waals surface area contributed by atoms with E-state index in [2.05, 4.69) is 17.4 Å². The SMILES string of the molecule is CC[C@@H](C)NC(=O)[C@@H](CC)N(Cc1ccccc1Cl)C(=O)CCc1ccc(C)cc1. The highest BCUT2D eigenvalue weighted by atomic mass is 35.5. The molecule has 2 rings (SSSR count). The molecule has 0 saturated carbocycles. The molecule has 0 saturated heterocycles. The van der Waals surface area contributed by atoms with Gasteiger partial charge in [0.25, 0.3) is 0 Å². The van der Waals surface area contributed by atoms with Crippen LogP contribution in [0.3, 0.4) is 0 Å². The summed E-state index contributed by atoms with van der Waals surface area (Å²) in [6.45, 7) is 8.30. The van der Waals surface area contributed by atoms with Gasteiger partial charge in [0.1, 0.15) is 6.04 Å². The van der Waals surface area contributed by atoms with E-state index in [1.165, 1.54) is 5.56 Å². The maximum absolute atomic E-state index is 13.3. The van der Waals surface area contributed by atoms with Crippen molar-refractivity contribution in [3.63, 3.8) is 0 Å². The molecule has 30 heavy (non-hydrogen) atoms. The lowest BCUT2D eigenvalue weighted by Gasteiger charge is -2.31. The summed E-state index contributed by atoms with van der Waals surface area (Å²) in [6, 6.07) is 15.2. The van der Waals surface area contributed by atoms with Gasteiger partial charge in [-0.1, -0.05) is 73.5 Å². The maximum Gasteiger partial charge on any atom is 0.243 e.